The predicted octanol–water partition coefficient (Wildman–Crippen LogP) is 30.6. The molecule has 0 amide bonds. The first kappa shape index (κ1) is 76.1. The molecule has 0 radical (unpaired) electrons. The number of pyridine rings is 4. The molecule has 19 aromatic carbocycles. The molecule has 0 aliphatic carbocycles. The second-order valence-corrected chi connectivity index (χ2v) is 39.8. The summed E-state index contributed by atoms with van der Waals surface area (Å²) in [4.78, 5) is 20.2. The third-order valence-electron chi connectivity index (χ3n) is 24.8. The van der Waals surface area contributed by atoms with Gasteiger partial charge in [-0.05, 0) is 273 Å². The molecule has 0 spiro atoms. The lowest BCUT2D eigenvalue weighted by Gasteiger charge is -2.15. The molecule has 0 bridgehead atoms. The topological polar surface area (TPSA) is 90.1 Å². The molecular formula is C116H81N5O2P2. The lowest BCUT2D eigenvalue weighted by molar-refractivity contribution is 0.587. The SMILES string of the molecule is CP(C)(=O)c1cccc(-c2ccc(-c3cc4nc5cc(-c6ccccc6)ccc5cc4c4ccccc34)cc2)c1.CP(C)(=O)c1cccc(-c2ccc(-c3cccc(-c4cc5nc6ccccc6cc5c5ccccc45)c3)c3ccccc23)c1.c1cc(-c2ccc3ccc4nc5ccccc5n4c3c2)cc(-c2cc3nc4ccccc4cc3c3ccccc23)c1. The molecule has 0 unspecified atom stereocenters. The molecule has 0 saturated carbocycles. The van der Waals surface area contributed by atoms with Gasteiger partial charge in [0, 0.05) is 42.9 Å². The molecule has 0 aliphatic rings. The van der Waals surface area contributed by atoms with Crippen LogP contribution < -0.4 is 10.6 Å². The number of benzene rings is 19. The van der Waals surface area contributed by atoms with Crippen LogP contribution in [0.5, 0.6) is 0 Å². The quantitative estimate of drug-likeness (QED) is 0.0770. The molecule has 5 aromatic heterocycles. The van der Waals surface area contributed by atoms with Gasteiger partial charge in [0.2, 0.25) is 0 Å². The van der Waals surface area contributed by atoms with Gasteiger partial charge in [0.05, 0.1) is 49.7 Å². The Labute approximate surface area is 723 Å². The minimum atomic E-state index is -2.37. The summed E-state index contributed by atoms with van der Waals surface area (Å²) in [6.45, 7) is 7.30. The number of nitrogens with zero attached hydrogens (tertiary/aromatic N) is 5. The Morgan fingerprint density at radius 2 is 0.520 bits per heavy atom. The van der Waals surface area contributed by atoms with E-state index in [1.54, 1.807) is 0 Å². The molecule has 24 rings (SSSR count). The van der Waals surface area contributed by atoms with Gasteiger partial charge in [-0.15, -0.1) is 0 Å². The lowest BCUT2D eigenvalue weighted by Crippen LogP contribution is -2.02. The molecule has 24 aromatic rings. The average molecular weight is 1640 g/mol. The van der Waals surface area contributed by atoms with Crippen molar-refractivity contribution in [3.8, 4) is 89.0 Å². The van der Waals surface area contributed by atoms with Crippen molar-refractivity contribution in [1.29, 1.82) is 0 Å². The van der Waals surface area contributed by atoms with Gasteiger partial charge in [-0.1, -0.05) is 309 Å². The van der Waals surface area contributed by atoms with Gasteiger partial charge in [0.25, 0.3) is 0 Å². The van der Waals surface area contributed by atoms with Crippen molar-refractivity contribution in [2.75, 3.05) is 26.7 Å². The summed E-state index contributed by atoms with van der Waals surface area (Å²) in [5, 5.41) is 19.7. The highest BCUT2D eigenvalue weighted by Crippen LogP contribution is 2.45. The van der Waals surface area contributed by atoms with Crippen LogP contribution in [0.2, 0.25) is 0 Å². The summed E-state index contributed by atoms with van der Waals surface area (Å²) in [5.41, 5.74) is 28.8. The third kappa shape index (κ3) is 14.2. The van der Waals surface area contributed by atoms with Crippen molar-refractivity contribution in [2.45, 2.75) is 0 Å². The zero-order valence-electron chi connectivity index (χ0n) is 69.3. The Bertz CT molecular complexity index is 8620. The fourth-order valence-electron chi connectivity index (χ4n) is 18.5. The maximum absolute atomic E-state index is 12.9. The monoisotopic (exact) mass is 1640 g/mol. The minimum Gasteiger partial charge on any atom is -0.319 e. The molecule has 0 atom stereocenters. The van der Waals surface area contributed by atoms with Crippen molar-refractivity contribution in [3.05, 3.63) is 419 Å². The highest BCUT2D eigenvalue weighted by atomic mass is 31.2. The normalized spacial score (nSPS) is 11.9. The van der Waals surface area contributed by atoms with Crippen molar-refractivity contribution >= 4 is 161 Å². The predicted molar refractivity (Wildman–Crippen MR) is 533 cm³/mol. The zero-order chi connectivity index (χ0) is 84.0. The van der Waals surface area contributed by atoms with E-state index in [1.807, 2.05) is 69.1 Å². The first-order valence-corrected chi connectivity index (χ1v) is 47.6. The zero-order valence-corrected chi connectivity index (χ0v) is 71.1. The number of imidazole rings is 1. The molecule has 0 aliphatic heterocycles. The first-order valence-electron chi connectivity index (χ1n) is 42.4. The summed E-state index contributed by atoms with van der Waals surface area (Å²) in [6.07, 6.45) is 0. The van der Waals surface area contributed by atoms with E-state index in [-0.39, 0.29) is 0 Å². The molecule has 0 fully saturated rings. The molecule has 9 heteroatoms. The van der Waals surface area contributed by atoms with Crippen LogP contribution in [0, 0.1) is 0 Å². The molecule has 592 valence electrons. The van der Waals surface area contributed by atoms with E-state index in [1.165, 1.54) is 115 Å². The van der Waals surface area contributed by atoms with Gasteiger partial charge in [-0.3, -0.25) is 4.40 Å². The second kappa shape index (κ2) is 31.1. The van der Waals surface area contributed by atoms with Gasteiger partial charge < -0.3 is 9.13 Å². The highest BCUT2D eigenvalue weighted by Gasteiger charge is 2.21. The van der Waals surface area contributed by atoms with Crippen LogP contribution in [0.25, 0.3) is 225 Å². The van der Waals surface area contributed by atoms with Crippen molar-refractivity contribution in [3.63, 3.8) is 0 Å². The second-order valence-electron chi connectivity index (χ2n) is 33.4. The Balaban J connectivity index is 0.000000111. The minimum absolute atomic E-state index is 0.904. The van der Waals surface area contributed by atoms with Crippen LogP contribution in [-0.4, -0.2) is 51.0 Å². The Hall–Kier alpha value is -15.1. The van der Waals surface area contributed by atoms with Crippen molar-refractivity contribution in [2.24, 2.45) is 0 Å². The number of aromatic nitrogens is 5. The largest absolute Gasteiger partial charge is 0.319 e. The standard InChI is InChI=1S/C41H30NOP.C38H23N3.C37H28NOP/c1-44(2,43)31-15-10-14-29(24-31)33-22-21-32(34-16-4-5-17-35(33)34)27-12-9-13-28(23-27)38-26-41-39(37-19-7-6-18-36(37)38)25-30-11-3-8-20-40(30)42-41;1-4-13-33-28(8-1)21-32-30-12-3-2-11-29(30)31(23-35(32)39-33)27-10-7-9-25(20-27)26-17-16-24-18-19-38-40-34-14-5-6-15-36(34)41(38)37(24)22-26;1-40(2,39)31-12-8-11-28(21-31)26-15-17-27(18-16-26)34-24-37-35(33-14-7-6-13-32(33)34)22-30-20-19-29(23-36(30)38-37)25-9-4-3-5-10-25/h3-26H,1-2H3;1-23H;3-24H,1-2H3. The van der Waals surface area contributed by atoms with E-state index < -0.39 is 14.3 Å². The van der Waals surface area contributed by atoms with E-state index in [9.17, 15) is 9.13 Å². The summed E-state index contributed by atoms with van der Waals surface area (Å²) in [6, 6.07) is 148. The van der Waals surface area contributed by atoms with Gasteiger partial charge in [-0.25, -0.2) is 19.9 Å². The maximum Gasteiger partial charge on any atom is 0.138 e. The van der Waals surface area contributed by atoms with E-state index in [0.717, 1.165) is 121 Å². The number of hydrogen-bond acceptors (Lipinski definition) is 6. The summed E-state index contributed by atoms with van der Waals surface area (Å²) in [7, 11) is -4.69. The van der Waals surface area contributed by atoms with Crippen LogP contribution >= 0.6 is 14.3 Å². The molecule has 5 heterocycles. The molecule has 7 nitrogen and oxygen atoms in total. The fourth-order valence-corrected chi connectivity index (χ4v) is 20.3. The van der Waals surface area contributed by atoms with E-state index in [4.69, 9.17) is 19.9 Å². The van der Waals surface area contributed by atoms with Crippen LogP contribution in [0.4, 0.5) is 0 Å². The van der Waals surface area contributed by atoms with Gasteiger partial charge in [0.15, 0.2) is 0 Å². The fraction of sp³-hybridized carbons (Fsp3) is 0.0345. The summed E-state index contributed by atoms with van der Waals surface area (Å²) in [5.74, 6) is 0. The van der Waals surface area contributed by atoms with Crippen molar-refractivity contribution < 1.29 is 9.13 Å². The van der Waals surface area contributed by atoms with Crippen molar-refractivity contribution in [1.82, 2.24) is 24.3 Å². The van der Waals surface area contributed by atoms with Gasteiger partial charge >= 0.3 is 0 Å². The van der Waals surface area contributed by atoms with Crippen LogP contribution in [0.1, 0.15) is 0 Å². The van der Waals surface area contributed by atoms with E-state index in [2.05, 4.69) is 381 Å². The highest BCUT2D eigenvalue weighted by molar-refractivity contribution is 7.70. The van der Waals surface area contributed by atoms with E-state index in [0.29, 0.717) is 0 Å². The van der Waals surface area contributed by atoms with Crippen LogP contribution in [0.3, 0.4) is 0 Å². The molecule has 125 heavy (non-hydrogen) atoms. The number of fused-ring (bicyclic) bond motifs is 18. The number of para-hydroxylation sites is 4. The Morgan fingerprint density at radius 1 is 0.184 bits per heavy atom. The average Bonchev–Trinajstić information content (AvgIpc) is 1.48. The third-order valence-corrected chi connectivity index (χ3v) is 27.8. The summed E-state index contributed by atoms with van der Waals surface area (Å²) < 4.78 is 27.8. The van der Waals surface area contributed by atoms with Crippen LogP contribution in [0.15, 0.2) is 419 Å². The smallest absolute Gasteiger partial charge is 0.138 e. The number of rotatable bonds is 10. The number of hydrogen-bond donors (Lipinski definition) is 0. The van der Waals surface area contributed by atoms with Crippen LogP contribution in [-0.2, 0) is 9.13 Å². The lowest BCUT2D eigenvalue weighted by atomic mass is 9.90. The van der Waals surface area contributed by atoms with Gasteiger partial charge in [0.1, 0.15) is 19.9 Å². The Morgan fingerprint density at radius 3 is 1.05 bits per heavy atom. The Kier molecular flexibility index (Phi) is 18.9. The maximum atomic E-state index is 12.9. The molecular weight excluding hydrogens is 1560 g/mol. The molecule has 0 N–H and O–H groups in total. The van der Waals surface area contributed by atoms with Gasteiger partial charge in [-0.2, -0.15) is 0 Å². The summed E-state index contributed by atoms with van der Waals surface area (Å²) >= 11 is 0. The van der Waals surface area contributed by atoms with E-state index >= 15 is 0 Å². The molecule has 0 saturated heterocycles. The first-order chi connectivity index (χ1) is 61.2.